The predicted octanol–water partition coefficient (Wildman–Crippen LogP) is -1.32. The number of hydrogen-bond donors (Lipinski definition) is 3. The van der Waals surface area contributed by atoms with E-state index >= 15 is 0 Å². The molecule has 13 heavy (non-hydrogen) atoms. The van der Waals surface area contributed by atoms with E-state index in [1.165, 1.54) is 0 Å². The van der Waals surface area contributed by atoms with Gasteiger partial charge in [0.1, 0.15) is 0 Å². The molecule has 0 spiro atoms. The summed E-state index contributed by atoms with van der Waals surface area (Å²) in [6.07, 6.45) is 1.26. The summed E-state index contributed by atoms with van der Waals surface area (Å²) in [5.74, 6) is 0. The topological polar surface area (TPSA) is 106 Å². The Kier molecular flexibility index (Phi) is 10.2. The van der Waals surface area contributed by atoms with Crippen LogP contribution in [-0.4, -0.2) is 60.9 Å². The first-order chi connectivity index (χ1) is 5.52. The fourth-order valence-electron chi connectivity index (χ4n) is 0.974. The Morgan fingerprint density at radius 3 is 2.00 bits per heavy atom. The molecule has 0 aromatic rings. The molecule has 0 radical (unpaired) electrons. The van der Waals surface area contributed by atoms with Crippen molar-refractivity contribution in [2.45, 2.75) is 24.5 Å². The maximum atomic E-state index is 10.7. The number of nitrogens with two attached hydrogens (primary N) is 2. The molecule has 0 aromatic heterocycles. The van der Waals surface area contributed by atoms with E-state index in [2.05, 4.69) is 0 Å². The summed E-state index contributed by atoms with van der Waals surface area (Å²) in [5, 5.41) is -0.744. The molecule has 1 atom stereocenters. The molecule has 76 valence electrons. The number of rotatable bonds is 6. The monoisotopic (exact) mass is 220 g/mol. The standard InChI is InChI=1S/C6H16N2O3S.Na.H/c7-4-1-2-6(3-5-8)12(9,10)11;;/h6H,1-5,7-8H2,(H,9,10,11);;. The van der Waals surface area contributed by atoms with E-state index in [4.69, 9.17) is 16.0 Å². The first-order valence-electron chi connectivity index (χ1n) is 3.88. The summed E-state index contributed by atoms with van der Waals surface area (Å²) in [7, 11) is -3.93. The molecule has 0 saturated heterocycles. The molecule has 0 amide bonds. The average Bonchev–Trinajstić information content (AvgIpc) is 1.95. The third kappa shape index (κ3) is 7.87. The molecule has 0 saturated carbocycles. The van der Waals surface area contributed by atoms with Gasteiger partial charge in [0.2, 0.25) is 0 Å². The Balaban J connectivity index is 0. The van der Waals surface area contributed by atoms with Crippen molar-refractivity contribution in [3.63, 3.8) is 0 Å². The van der Waals surface area contributed by atoms with Crippen LogP contribution in [0.1, 0.15) is 19.3 Å². The minimum atomic E-state index is -3.93. The van der Waals surface area contributed by atoms with E-state index < -0.39 is 15.4 Å². The molecule has 0 aromatic carbocycles. The Morgan fingerprint density at radius 2 is 1.69 bits per heavy atom. The van der Waals surface area contributed by atoms with Gasteiger partial charge in [0.05, 0.1) is 5.25 Å². The molecule has 0 rings (SSSR count). The van der Waals surface area contributed by atoms with E-state index in [1.54, 1.807) is 0 Å². The summed E-state index contributed by atoms with van der Waals surface area (Å²) >= 11 is 0. The molecule has 0 aliphatic carbocycles. The van der Waals surface area contributed by atoms with Crippen LogP contribution in [0.5, 0.6) is 0 Å². The number of hydrogen-bond acceptors (Lipinski definition) is 4. The Morgan fingerprint density at radius 1 is 1.15 bits per heavy atom. The fourth-order valence-corrected chi connectivity index (χ4v) is 1.87. The van der Waals surface area contributed by atoms with Crippen molar-refractivity contribution in [2.75, 3.05) is 13.1 Å². The molecule has 0 aliphatic rings. The Labute approximate surface area is 101 Å². The fraction of sp³-hybridized carbons (Fsp3) is 1.00. The molecule has 0 bridgehead atoms. The molecule has 0 heterocycles. The summed E-state index contributed by atoms with van der Waals surface area (Å²) < 4.78 is 30.1. The zero-order chi connectivity index (χ0) is 9.61. The van der Waals surface area contributed by atoms with Crippen molar-refractivity contribution in [1.29, 1.82) is 0 Å². The van der Waals surface area contributed by atoms with Crippen LogP contribution in [0.4, 0.5) is 0 Å². The maximum absolute atomic E-state index is 10.7. The van der Waals surface area contributed by atoms with E-state index in [9.17, 15) is 8.42 Å². The van der Waals surface area contributed by atoms with Crippen LogP contribution in [0.25, 0.3) is 0 Å². The molecular formula is C6H17N2NaO3S. The third-order valence-electron chi connectivity index (χ3n) is 1.64. The van der Waals surface area contributed by atoms with Gasteiger partial charge in [0.15, 0.2) is 0 Å². The van der Waals surface area contributed by atoms with E-state index in [1.807, 2.05) is 0 Å². The van der Waals surface area contributed by atoms with Crippen LogP contribution in [0.15, 0.2) is 0 Å². The Bertz CT molecular complexity index is 208. The summed E-state index contributed by atoms with van der Waals surface area (Å²) in [6.45, 7) is 0.686. The van der Waals surface area contributed by atoms with Crippen molar-refractivity contribution in [3.05, 3.63) is 0 Å². The molecule has 1 unspecified atom stereocenters. The van der Waals surface area contributed by atoms with Gasteiger partial charge in [-0.15, -0.1) is 0 Å². The normalized spacial score (nSPS) is 13.5. The molecule has 0 aliphatic heterocycles. The second kappa shape index (κ2) is 8.16. The van der Waals surface area contributed by atoms with Gasteiger partial charge in [-0.2, -0.15) is 8.42 Å². The van der Waals surface area contributed by atoms with Gasteiger partial charge in [-0.1, -0.05) is 0 Å². The molecule has 5 N–H and O–H groups in total. The quantitative estimate of drug-likeness (QED) is 0.380. The van der Waals surface area contributed by atoms with Crippen LogP contribution in [-0.2, 0) is 10.1 Å². The molecule has 5 nitrogen and oxygen atoms in total. The second-order valence-corrected chi connectivity index (χ2v) is 4.34. The van der Waals surface area contributed by atoms with Gasteiger partial charge in [-0.3, -0.25) is 4.55 Å². The first-order valence-corrected chi connectivity index (χ1v) is 5.39. The molecule has 0 fully saturated rings. The average molecular weight is 220 g/mol. The van der Waals surface area contributed by atoms with Crippen molar-refractivity contribution in [2.24, 2.45) is 11.5 Å². The van der Waals surface area contributed by atoms with Gasteiger partial charge in [0.25, 0.3) is 10.1 Å². The molecular weight excluding hydrogens is 203 g/mol. The van der Waals surface area contributed by atoms with Crippen molar-refractivity contribution in [1.82, 2.24) is 0 Å². The van der Waals surface area contributed by atoms with Gasteiger partial charge in [-0.25, -0.2) is 0 Å². The van der Waals surface area contributed by atoms with Crippen molar-refractivity contribution >= 4 is 39.7 Å². The zero-order valence-electron chi connectivity index (χ0n) is 6.94. The van der Waals surface area contributed by atoms with Crippen molar-refractivity contribution < 1.29 is 13.0 Å². The van der Waals surface area contributed by atoms with Crippen LogP contribution >= 0.6 is 0 Å². The predicted molar refractivity (Wildman–Crippen MR) is 54.4 cm³/mol. The van der Waals surface area contributed by atoms with Crippen LogP contribution in [0.3, 0.4) is 0 Å². The van der Waals surface area contributed by atoms with E-state index in [-0.39, 0.29) is 36.1 Å². The van der Waals surface area contributed by atoms with Crippen LogP contribution in [0, 0.1) is 0 Å². The summed E-state index contributed by atoms with van der Waals surface area (Å²) in [5.41, 5.74) is 10.4. The SMILES string of the molecule is NCCCC(CCN)S(=O)(=O)O.[NaH]. The summed E-state index contributed by atoms with van der Waals surface area (Å²) in [6, 6.07) is 0. The molecule has 7 heteroatoms. The van der Waals surface area contributed by atoms with Crippen molar-refractivity contribution in [3.8, 4) is 0 Å². The second-order valence-electron chi connectivity index (χ2n) is 2.65. The first kappa shape index (κ1) is 16.3. The van der Waals surface area contributed by atoms with Crippen LogP contribution < -0.4 is 11.5 Å². The van der Waals surface area contributed by atoms with Gasteiger partial charge in [-0.05, 0) is 32.4 Å². The van der Waals surface area contributed by atoms with Gasteiger partial charge < -0.3 is 11.5 Å². The summed E-state index contributed by atoms with van der Waals surface area (Å²) in [4.78, 5) is 0. The van der Waals surface area contributed by atoms with E-state index in [0.29, 0.717) is 25.8 Å². The Hall–Kier alpha value is 0.830. The zero-order valence-corrected chi connectivity index (χ0v) is 7.76. The van der Waals surface area contributed by atoms with Crippen LogP contribution in [0.2, 0.25) is 0 Å². The van der Waals surface area contributed by atoms with Gasteiger partial charge >= 0.3 is 29.6 Å². The minimum absolute atomic E-state index is 0. The van der Waals surface area contributed by atoms with Gasteiger partial charge in [0, 0.05) is 0 Å². The van der Waals surface area contributed by atoms with E-state index in [0.717, 1.165) is 0 Å². The third-order valence-corrected chi connectivity index (χ3v) is 2.95.